The van der Waals surface area contributed by atoms with Gasteiger partial charge in [-0.25, -0.2) is 12.8 Å². The first-order valence-electron chi connectivity index (χ1n) is 11.6. The van der Waals surface area contributed by atoms with Gasteiger partial charge in [-0.05, 0) is 52.7 Å². The van der Waals surface area contributed by atoms with E-state index in [1.165, 1.54) is 11.6 Å². The molecule has 34 heavy (non-hydrogen) atoms. The predicted molar refractivity (Wildman–Crippen MR) is 129 cm³/mol. The summed E-state index contributed by atoms with van der Waals surface area (Å²) in [5, 5.41) is -2.60. The molecule has 0 saturated carbocycles. The first-order chi connectivity index (χ1) is 16.2. The van der Waals surface area contributed by atoms with E-state index in [0.717, 1.165) is 55.1 Å². The SMILES string of the molecule is CS(=O)(=O)C1(F)C=CC(c2ccccc2)=C(C(=O)N2Cc3ccc(C4CCOCC4)cc3C2)C1. The minimum atomic E-state index is -4.06. The molecule has 0 bridgehead atoms. The molecular formula is C27H28FNO4S. The average molecular weight is 482 g/mol. The lowest BCUT2D eigenvalue weighted by Gasteiger charge is -2.29. The highest BCUT2D eigenvalue weighted by Gasteiger charge is 2.44. The number of hydrogen-bond donors (Lipinski definition) is 0. The number of carbonyl (C=O) groups excluding carboxylic acids is 1. The molecule has 2 aromatic carbocycles. The summed E-state index contributed by atoms with van der Waals surface area (Å²) < 4.78 is 45.4. The van der Waals surface area contributed by atoms with Gasteiger partial charge in [0.25, 0.3) is 5.91 Å². The Labute approximate surface area is 199 Å². The molecule has 5 nitrogen and oxygen atoms in total. The first-order valence-corrected chi connectivity index (χ1v) is 13.5. The van der Waals surface area contributed by atoms with Gasteiger partial charge in [0.2, 0.25) is 5.00 Å². The number of nitrogens with zero attached hydrogens (tertiary/aromatic N) is 1. The molecule has 2 aliphatic heterocycles. The van der Waals surface area contributed by atoms with Crippen molar-refractivity contribution in [2.75, 3.05) is 19.5 Å². The average Bonchev–Trinajstić information content (AvgIpc) is 3.27. The van der Waals surface area contributed by atoms with Crippen LogP contribution in [0.5, 0.6) is 0 Å². The molecule has 1 unspecified atom stereocenters. The molecule has 5 rings (SSSR count). The Hall–Kier alpha value is -2.77. The third kappa shape index (κ3) is 4.23. The summed E-state index contributed by atoms with van der Waals surface area (Å²) in [6.07, 6.45) is 4.87. The van der Waals surface area contributed by atoms with Crippen LogP contribution < -0.4 is 0 Å². The minimum Gasteiger partial charge on any atom is -0.381 e. The smallest absolute Gasteiger partial charge is 0.251 e. The molecule has 0 aromatic heterocycles. The van der Waals surface area contributed by atoms with E-state index in [9.17, 15) is 13.2 Å². The topological polar surface area (TPSA) is 63.7 Å². The summed E-state index contributed by atoms with van der Waals surface area (Å²) in [4.78, 5) is 15.4. The summed E-state index contributed by atoms with van der Waals surface area (Å²) in [6, 6.07) is 15.6. The van der Waals surface area contributed by atoms with Gasteiger partial charge >= 0.3 is 0 Å². The van der Waals surface area contributed by atoms with Crippen LogP contribution in [0.25, 0.3) is 5.57 Å². The van der Waals surface area contributed by atoms with Crippen LogP contribution in [0.15, 0.2) is 66.3 Å². The van der Waals surface area contributed by atoms with Crippen molar-refractivity contribution in [2.45, 2.75) is 43.3 Å². The molecule has 1 fully saturated rings. The zero-order valence-corrected chi connectivity index (χ0v) is 20.0. The maximum atomic E-state index is 15.5. The van der Waals surface area contributed by atoms with Crippen molar-refractivity contribution in [3.63, 3.8) is 0 Å². The number of sulfone groups is 1. The van der Waals surface area contributed by atoms with E-state index < -0.39 is 21.3 Å². The van der Waals surface area contributed by atoms with Crippen molar-refractivity contribution < 1.29 is 22.3 Å². The molecular weight excluding hydrogens is 453 g/mol. The molecule has 3 aliphatic rings. The van der Waals surface area contributed by atoms with E-state index in [1.54, 1.807) is 4.90 Å². The molecule has 7 heteroatoms. The number of fused-ring (bicyclic) bond motifs is 1. The van der Waals surface area contributed by atoms with E-state index in [1.807, 2.05) is 30.3 Å². The highest BCUT2D eigenvalue weighted by Crippen LogP contribution is 2.40. The lowest BCUT2D eigenvalue weighted by atomic mass is 9.90. The Bertz CT molecular complexity index is 1280. The predicted octanol–water partition coefficient (Wildman–Crippen LogP) is 4.55. The second kappa shape index (κ2) is 8.78. The summed E-state index contributed by atoms with van der Waals surface area (Å²) in [7, 11) is -4.06. The maximum Gasteiger partial charge on any atom is 0.251 e. The molecule has 0 radical (unpaired) electrons. The highest BCUT2D eigenvalue weighted by molar-refractivity contribution is 7.92. The van der Waals surface area contributed by atoms with Gasteiger partial charge < -0.3 is 9.64 Å². The molecule has 1 amide bonds. The van der Waals surface area contributed by atoms with Gasteiger partial charge in [-0.3, -0.25) is 4.79 Å². The van der Waals surface area contributed by atoms with Crippen LogP contribution in [0.1, 0.15) is 47.4 Å². The maximum absolute atomic E-state index is 15.5. The number of ether oxygens (including phenoxy) is 1. The van der Waals surface area contributed by atoms with Crippen molar-refractivity contribution in [1.82, 2.24) is 4.90 Å². The fourth-order valence-electron chi connectivity index (χ4n) is 5.07. The van der Waals surface area contributed by atoms with E-state index in [4.69, 9.17) is 4.74 Å². The van der Waals surface area contributed by atoms with Gasteiger partial charge in [0.1, 0.15) is 0 Å². The van der Waals surface area contributed by atoms with E-state index in [2.05, 4.69) is 18.2 Å². The zero-order chi connectivity index (χ0) is 23.9. The first kappa shape index (κ1) is 23.0. The fourth-order valence-corrected chi connectivity index (χ4v) is 5.79. The van der Waals surface area contributed by atoms with Crippen LogP contribution in [0, 0.1) is 0 Å². The third-order valence-electron chi connectivity index (χ3n) is 7.13. The summed E-state index contributed by atoms with van der Waals surface area (Å²) in [5.74, 6) is 0.138. The Balaban J connectivity index is 1.46. The van der Waals surface area contributed by atoms with Crippen LogP contribution in [0.4, 0.5) is 4.39 Å². The molecule has 178 valence electrons. The van der Waals surface area contributed by atoms with Crippen LogP contribution >= 0.6 is 0 Å². The normalized spacial score (nSPS) is 23.3. The molecule has 1 atom stereocenters. The number of amides is 1. The molecule has 2 aromatic rings. The zero-order valence-electron chi connectivity index (χ0n) is 19.2. The van der Waals surface area contributed by atoms with E-state index in [0.29, 0.717) is 24.6 Å². The van der Waals surface area contributed by atoms with Crippen LogP contribution in [0.2, 0.25) is 0 Å². The van der Waals surface area contributed by atoms with Gasteiger partial charge in [0.15, 0.2) is 9.84 Å². The van der Waals surface area contributed by atoms with Gasteiger partial charge in [-0.15, -0.1) is 0 Å². The van der Waals surface area contributed by atoms with Gasteiger partial charge in [0.05, 0.1) is 0 Å². The largest absolute Gasteiger partial charge is 0.381 e. The Morgan fingerprint density at radius 1 is 1.06 bits per heavy atom. The molecule has 0 N–H and O–H groups in total. The number of hydrogen-bond acceptors (Lipinski definition) is 4. The Morgan fingerprint density at radius 3 is 2.47 bits per heavy atom. The molecule has 2 heterocycles. The summed E-state index contributed by atoms with van der Waals surface area (Å²) >= 11 is 0. The van der Waals surface area contributed by atoms with Gasteiger partial charge in [0, 0.05) is 44.6 Å². The summed E-state index contributed by atoms with van der Waals surface area (Å²) in [6.45, 7) is 2.39. The number of carbonyl (C=O) groups is 1. The standard InChI is InChI=1S/C27H28FNO4S/c1-34(31,32)27(28)12-9-24(20-5-3-2-4-6-20)25(16-27)26(30)29-17-22-8-7-21(15-23(22)18-29)19-10-13-33-14-11-19/h2-9,12,15,19H,10-11,13-14,16-18H2,1H3. The number of alkyl halides is 1. The van der Waals surface area contributed by atoms with Crippen molar-refractivity contribution in [1.29, 1.82) is 0 Å². The van der Waals surface area contributed by atoms with Crippen molar-refractivity contribution >= 4 is 21.3 Å². The second-order valence-electron chi connectivity index (χ2n) is 9.40. The fraction of sp³-hybridized carbons (Fsp3) is 0.370. The number of rotatable bonds is 4. The lowest BCUT2D eigenvalue weighted by molar-refractivity contribution is -0.128. The summed E-state index contributed by atoms with van der Waals surface area (Å²) in [5.41, 5.74) is 4.96. The minimum absolute atomic E-state index is 0.194. The van der Waals surface area contributed by atoms with Crippen molar-refractivity contribution in [3.05, 3.63) is 88.5 Å². The van der Waals surface area contributed by atoms with Crippen molar-refractivity contribution in [3.8, 4) is 0 Å². The van der Waals surface area contributed by atoms with E-state index in [-0.39, 0.29) is 11.5 Å². The van der Waals surface area contributed by atoms with Crippen LogP contribution in [0.3, 0.4) is 0 Å². The molecule has 0 spiro atoms. The van der Waals surface area contributed by atoms with Crippen LogP contribution in [-0.4, -0.2) is 43.7 Å². The second-order valence-corrected chi connectivity index (χ2v) is 11.6. The Kier molecular flexibility index (Phi) is 5.94. The molecule has 1 saturated heterocycles. The highest BCUT2D eigenvalue weighted by atomic mass is 32.2. The molecule has 1 aliphatic carbocycles. The van der Waals surface area contributed by atoms with Crippen LogP contribution in [-0.2, 0) is 32.5 Å². The monoisotopic (exact) mass is 481 g/mol. The van der Waals surface area contributed by atoms with Crippen molar-refractivity contribution in [2.24, 2.45) is 0 Å². The number of halogens is 1. The third-order valence-corrected chi connectivity index (χ3v) is 8.65. The lowest BCUT2D eigenvalue weighted by Crippen LogP contribution is -2.37. The quantitative estimate of drug-likeness (QED) is 0.643. The Morgan fingerprint density at radius 2 is 1.76 bits per heavy atom. The number of benzene rings is 2. The van der Waals surface area contributed by atoms with E-state index >= 15 is 4.39 Å². The van der Waals surface area contributed by atoms with Gasteiger partial charge in [-0.1, -0.05) is 54.6 Å². The number of allylic oxidation sites excluding steroid dienone is 2. The van der Waals surface area contributed by atoms with Gasteiger partial charge in [-0.2, -0.15) is 0 Å².